The van der Waals surface area contributed by atoms with Crippen LogP contribution in [0.2, 0.25) is 0 Å². The predicted molar refractivity (Wildman–Crippen MR) is 63.4 cm³/mol. The lowest BCUT2D eigenvalue weighted by Gasteiger charge is -2.18. The Morgan fingerprint density at radius 2 is 2.12 bits per heavy atom. The van der Waals surface area contributed by atoms with Crippen molar-refractivity contribution in [3.63, 3.8) is 0 Å². The molecule has 0 radical (unpaired) electrons. The Hall–Kier alpha value is -1.16. The van der Waals surface area contributed by atoms with Gasteiger partial charge in [-0.25, -0.2) is 4.68 Å². The van der Waals surface area contributed by atoms with E-state index in [0.717, 1.165) is 18.5 Å². The number of aliphatic hydroxyl groups is 1. The average molecular weight is 224 g/mol. The molecule has 90 valence electrons. The maximum absolute atomic E-state index is 12.0. The molecule has 0 spiro atoms. The lowest BCUT2D eigenvalue weighted by molar-refractivity contribution is 0.0759. The van der Waals surface area contributed by atoms with E-state index in [4.69, 9.17) is 0 Å². The molecule has 1 N–H and O–H groups in total. The third kappa shape index (κ3) is 2.92. The van der Waals surface area contributed by atoms with Crippen LogP contribution in [-0.2, 0) is 12.1 Å². The Morgan fingerprint density at radius 1 is 1.50 bits per heavy atom. The highest BCUT2D eigenvalue weighted by Crippen LogP contribution is 2.15. The van der Waals surface area contributed by atoms with Crippen LogP contribution in [0.1, 0.15) is 44.9 Å². The van der Waals surface area contributed by atoms with Gasteiger partial charge in [0.25, 0.3) is 5.56 Å². The number of hydrogen-bond acceptors (Lipinski definition) is 3. The van der Waals surface area contributed by atoms with Crippen LogP contribution in [-0.4, -0.2) is 14.9 Å². The van der Waals surface area contributed by atoms with Gasteiger partial charge in [0, 0.05) is 6.54 Å². The Balaban J connectivity index is 3.22. The van der Waals surface area contributed by atoms with Crippen molar-refractivity contribution in [3.8, 4) is 0 Å². The third-order valence-corrected chi connectivity index (χ3v) is 2.48. The molecule has 1 rings (SSSR count). The topological polar surface area (TPSA) is 55.1 Å². The minimum Gasteiger partial charge on any atom is -0.386 e. The molecule has 0 saturated heterocycles. The van der Waals surface area contributed by atoms with Gasteiger partial charge in [-0.1, -0.05) is 13.3 Å². The molecule has 0 bridgehead atoms. The van der Waals surface area contributed by atoms with Crippen LogP contribution in [0.25, 0.3) is 0 Å². The summed E-state index contributed by atoms with van der Waals surface area (Å²) in [6, 6.07) is 1.66. The summed E-state index contributed by atoms with van der Waals surface area (Å²) >= 11 is 0. The van der Waals surface area contributed by atoms with Gasteiger partial charge in [0.1, 0.15) is 0 Å². The van der Waals surface area contributed by atoms with Gasteiger partial charge in [-0.15, -0.1) is 0 Å². The van der Waals surface area contributed by atoms with Crippen LogP contribution in [0.4, 0.5) is 0 Å². The summed E-state index contributed by atoms with van der Waals surface area (Å²) in [6.45, 7) is 7.75. The second-order valence-corrected chi connectivity index (χ2v) is 4.64. The second kappa shape index (κ2) is 4.78. The van der Waals surface area contributed by atoms with Gasteiger partial charge in [-0.05, 0) is 33.3 Å². The Kier molecular flexibility index (Phi) is 3.86. The number of hydrogen-bond donors (Lipinski definition) is 1. The highest BCUT2D eigenvalue weighted by Gasteiger charge is 2.21. The molecule has 0 unspecified atom stereocenters. The fourth-order valence-corrected chi connectivity index (χ4v) is 1.57. The molecule has 1 aromatic rings. The van der Waals surface area contributed by atoms with E-state index >= 15 is 0 Å². The predicted octanol–water partition coefficient (Wildman–Crippen LogP) is 1.58. The van der Waals surface area contributed by atoms with E-state index in [1.54, 1.807) is 19.9 Å². The van der Waals surface area contributed by atoms with Crippen LogP contribution in [0, 0.1) is 6.92 Å². The van der Waals surface area contributed by atoms with Gasteiger partial charge in [-0.3, -0.25) is 4.79 Å². The van der Waals surface area contributed by atoms with E-state index in [1.165, 1.54) is 4.68 Å². The zero-order valence-corrected chi connectivity index (χ0v) is 10.4. The number of nitrogens with zero attached hydrogens (tertiary/aromatic N) is 2. The van der Waals surface area contributed by atoms with Crippen molar-refractivity contribution in [1.82, 2.24) is 9.78 Å². The molecule has 4 heteroatoms. The van der Waals surface area contributed by atoms with Crippen molar-refractivity contribution in [1.29, 1.82) is 0 Å². The van der Waals surface area contributed by atoms with Gasteiger partial charge in [-0.2, -0.15) is 5.10 Å². The van der Waals surface area contributed by atoms with E-state index in [9.17, 15) is 9.90 Å². The number of aromatic nitrogens is 2. The lowest BCUT2D eigenvalue weighted by Crippen LogP contribution is -2.34. The van der Waals surface area contributed by atoms with E-state index in [2.05, 4.69) is 12.0 Å². The maximum atomic E-state index is 12.0. The molecule has 4 nitrogen and oxygen atoms in total. The Labute approximate surface area is 95.9 Å². The first kappa shape index (κ1) is 12.9. The molecular formula is C12H20N2O2. The number of aryl methyl sites for hydroxylation is 2. The monoisotopic (exact) mass is 224 g/mol. The summed E-state index contributed by atoms with van der Waals surface area (Å²) in [5, 5.41) is 14.1. The molecule has 0 aromatic carbocycles. The molecule has 0 aliphatic heterocycles. The average Bonchev–Trinajstić information content (AvgIpc) is 2.17. The first-order chi connectivity index (χ1) is 7.36. The highest BCUT2D eigenvalue weighted by molar-refractivity contribution is 5.18. The summed E-state index contributed by atoms with van der Waals surface area (Å²) in [5.41, 5.74) is -0.130. The molecule has 0 fully saturated rings. The quantitative estimate of drug-likeness (QED) is 0.844. The van der Waals surface area contributed by atoms with E-state index in [0.29, 0.717) is 12.1 Å². The minimum atomic E-state index is -1.11. The van der Waals surface area contributed by atoms with Gasteiger partial charge >= 0.3 is 0 Å². The lowest BCUT2D eigenvalue weighted by atomic mass is 10.00. The fraction of sp³-hybridized carbons (Fsp3) is 0.667. The summed E-state index contributed by atoms with van der Waals surface area (Å²) < 4.78 is 1.45. The van der Waals surface area contributed by atoms with Crippen molar-refractivity contribution in [2.75, 3.05) is 0 Å². The zero-order valence-electron chi connectivity index (χ0n) is 10.4. The van der Waals surface area contributed by atoms with Crippen LogP contribution in [0.15, 0.2) is 10.9 Å². The molecule has 16 heavy (non-hydrogen) atoms. The van der Waals surface area contributed by atoms with Crippen LogP contribution >= 0.6 is 0 Å². The molecular weight excluding hydrogens is 204 g/mol. The van der Waals surface area contributed by atoms with E-state index in [1.807, 2.05) is 6.92 Å². The smallest absolute Gasteiger partial charge is 0.272 e. The van der Waals surface area contributed by atoms with Crippen molar-refractivity contribution < 1.29 is 5.11 Å². The molecule has 1 heterocycles. The van der Waals surface area contributed by atoms with Crippen LogP contribution in [0.5, 0.6) is 0 Å². The maximum Gasteiger partial charge on any atom is 0.272 e. The van der Waals surface area contributed by atoms with Gasteiger partial charge in [0.15, 0.2) is 0 Å². The van der Waals surface area contributed by atoms with Crippen LogP contribution in [0.3, 0.4) is 0 Å². The molecule has 0 atom stereocenters. The van der Waals surface area contributed by atoms with Crippen LogP contribution < -0.4 is 5.56 Å². The number of rotatable bonds is 4. The van der Waals surface area contributed by atoms with Crippen molar-refractivity contribution in [2.45, 2.75) is 52.7 Å². The Morgan fingerprint density at radius 3 is 2.62 bits per heavy atom. The van der Waals surface area contributed by atoms with E-state index < -0.39 is 5.60 Å². The minimum absolute atomic E-state index is 0.188. The van der Waals surface area contributed by atoms with Crippen molar-refractivity contribution in [3.05, 3.63) is 27.7 Å². The summed E-state index contributed by atoms with van der Waals surface area (Å²) in [5.74, 6) is 0. The zero-order chi connectivity index (χ0) is 12.3. The first-order valence-electron chi connectivity index (χ1n) is 5.68. The number of unbranched alkanes of at least 4 members (excludes halogenated alkanes) is 1. The van der Waals surface area contributed by atoms with Crippen molar-refractivity contribution in [2.24, 2.45) is 0 Å². The Bertz CT molecular complexity index is 416. The summed E-state index contributed by atoms with van der Waals surface area (Å²) in [6.07, 6.45) is 1.93. The first-order valence-corrected chi connectivity index (χ1v) is 5.68. The second-order valence-electron chi connectivity index (χ2n) is 4.64. The highest BCUT2D eigenvalue weighted by atomic mass is 16.3. The standard InChI is InChI=1S/C12H20N2O2/c1-5-6-7-14-11(15)10(12(3,4)16)8-9(2)13-14/h8,16H,5-7H2,1-4H3. The largest absolute Gasteiger partial charge is 0.386 e. The summed E-state index contributed by atoms with van der Waals surface area (Å²) in [4.78, 5) is 12.0. The molecule has 0 aliphatic carbocycles. The normalized spacial score (nSPS) is 11.8. The molecule has 0 amide bonds. The van der Waals surface area contributed by atoms with Gasteiger partial charge < -0.3 is 5.11 Å². The van der Waals surface area contributed by atoms with E-state index in [-0.39, 0.29) is 5.56 Å². The van der Waals surface area contributed by atoms with Gasteiger partial charge in [0.05, 0.1) is 16.9 Å². The molecule has 0 saturated carbocycles. The third-order valence-electron chi connectivity index (χ3n) is 2.48. The molecule has 1 aromatic heterocycles. The SMILES string of the molecule is CCCCn1nc(C)cc(C(C)(C)O)c1=O. The summed E-state index contributed by atoms with van der Waals surface area (Å²) in [7, 11) is 0. The van der Waals surface area contributed by atoms with Crippen molar-refractivity contribution >= 4 is 0 Å². The fourth-order valence-electron chi connectivity index (χ4n) is 1.57. The molecule has 0 aliphatic rings. The van der Waals surface area contributed by atoms with Gasteiger partial charge in [0.2, 0.25) is 0 Å².